The smallest absolute Gasteiger partial charge is 0.108 e. The minimum atomic E-state index is -0.304. The van der Waals surface area contributed by atoms with Crippen LogP contribution in [0.4, 0.5) is 0 Å². The highest BCUT2D eigenvalue weighted by molar-refractivity contribution is 5.11. The van der Waals surface area contributed by atoms with E-state index < -0.39 is 0 Å². The van der Waals surface area contributed by atoms with Gasteiger partial charge in [0.25, 0.3) is 0 Å². The summed E-state index contributed by atoms with van der Waals surface area (Å²) in [5, 5.41) is 13.1. The first kappa shape index (κ1) is 16.7. The third-order valence-electron chi connectivity index (χ3n) is 4.91. The third kappa shape index (κ3) is 5.25. The minimum Gasteiger partial charge on any atom is -0.380 e. The molecule has 2 aliphatic carbocycles. The van der Waals surface area contributed by atoms with Gasteiger partial charge in [-0.05, 0) is 64.5 Å². The Morgan fingerprint density at radius 2 is 2.19 bits per heavy atom. The molecule has 0 bridgehead atoms. The van der Waals surface area contributed by atoms with E-state index in [1.807, 2.05) is 0 Å². The van der Waals surface area contributed by atoms with Gasteiger partial charge in [-0.25, -0.2) is 0 Å². The van der Waals surface area contributed by atoms with Crippen molar-refractivity contribution >= 4 is 0 Å². The summed E-state index contributed by atoms with van der Waals surface area (Å²) in [6, 6.07) is 3.07. The van der Waals surface area contributed by atoms with Gasteiger partial charge in [0, 0.05) is 19.2 Å². The maximum Gasteiger partial charge on any atom is 0.108 e. The Kier molecular flexibility index (Phi) is 6.47. The molecule has 1 N–H and O–H groups in total. The Hall–Kier alpha value is -0.630. The number of nitriles is 1. The van der Waals surface area contributed by atoms with Gasteiger partial charge in [0.1, 0.15) is 5.54 Å². The number of likely N-dealkylation sites (N-methyl/N-ethyl adjacent to an activating group) is 1. The summed E-state index contributed by atoms with van der Waals surface area (Å²) < 4.78 is 5.74. The van der Waals surface area contributed by atoms with E-state index in [4.69, 9.17) is 4.74 Å². The van der Waals surface area contributed by atoms with Crippen molar-refractivity contribution < 1.29 is 4.74 Å². The fourth-order valence-electron chi connectivity index (χ4n) is 3.21. The van der Waals surface area contributed by atoms with Crippen LogP contribution < -0.4 is 5.32 Å². The molecule has 0 aromatic heterocycles. The van der Waals surface area contributed by atoms with Crippen molar-refractivity contribution in [3.05, 3.63) is 0 Å². The van der Waals surface area contributed by atoms with Crippen molar-refractivity contribution in [1.82, 2.24) is 10.2 Å². The molecule has 2 fully saturated rings. The quantitative estimate of drug-likeness (QED) is 0.664. The predicted octanol–water partition coefficient (Wildman–Crippen LogP) is 2.55. The number of rotatable bonds is 9. The topological polar surface area (TPSA) is 48.3 Å². The zero-order valence-corrected chi connectivity index (χ0v) is 13.7. The molecule has 0 aromatic rings. The molecule has 0 heterocycles. The van der Waals surface area contributed by atoms with E-state index in [1.165, 1.54) is 19.3 Å². The standard InChI is InChI=1S/C17H31N3O/c1-3-9-19-17(14-18)8-4-5-16(12-17)20(2)10-11-21-13-15-6-7-15/h15-16,19H,3-13H2,1-2H3. The Morgan fingerprint density at radius 1 is 1.38 bits per heavy atom. The van der Waals surface area contributed by atoms with Crippen LogP contribution in [-0.2, 0) is 4.74 Å². The van der Waals surface area contributed by atoms with Gasteiger partial charge in [0.15, 0.2) is 0 Å². The molecular weight excluding hydrogens is 262 g/mol. The maximum absolute atomic E-state index is 9.59. The van der Waals surface area contributed by atoms with Gasteiger partial charge in [0.05, 0.1) is 12.7 Å². The Morgan fingerprint density at radius 3 is 2.86 bits per heavy atom. The van der Waals surface area contributed by atoms with Crippen molar-refractivity contribution in [3.63, 3.8) is 0 Å². The molecule has 120 valence electrons. The van der Waals surface area contributed by atoms with Crippen LogP contribution in [-0.4, -0.2) is 49.8 Å². The van der Waals surface area contributed by atoms with Gasteiger partial charge < -0.3 is 9.64 Å². The van der Waals surface area contributed by atoms with Crippen LogP contribution in [0.15, 0.2) is 0 Å². The SMILES string of the molecule is CCCNC1(C#N)CCCC(N(C)CCOCC2CC2)C1. The van der Waals surface area contributed by atoms with Crippen LogP contribution in [0.2, 0.25) is 0 Å². The molecule has 0 spiro atoms. The number of nitrogens with zero attached hydrogens (tertiary/aromatic N) is 2. The van der Waals surface area contributed by atoms with Gasteiger partial charge in [-0.15, -0.1) is 0 Å². The minimum absolute atomic E-state index is 0.304. The summed E-state index contributed by atoms with van der Waals surface area (Å²) in [5.74, 6) is 0.842. The lowest BCUT2D eigenvalue weighted by atomic mass is 9.79. The first-order valence-corrected chi connectivity index (χ1v) is 8.63. The summed E-state index contributed by atoms with van der Waals surface area (Å²) >= 11 is 0. The summed E-state index contributed by atoms with van der Waals surface area (Å²) in [6.45, 7) is 5.84. The van der Waals surface area contributed by atoms with Crippen molar-refractivity contribution in [3.8, 4) is 6.07 Å². The average molecular weight is 293 g/mol. The third-order valence-corrected chi connectivity index (χ3v) is 4.91. The van der Waals surface area contributed by atoms with Gasteiger partial charge in [-0.2, -0.15) is 5.26 Å². The molecule has 0 radical (unpaired) electrons. The number of hydrogen-bond donors (Lipinski definition) is 1. The first-order chi connectivity index (χ1) is 10.2. The average Bonchev–Trinajstić information content (AvgIpc) is 3.34. The highest BCUT2D eigenvalue weighted by Gasteiger charge is 2.37. The van der Waals surface area contributed by atoms with Crippen LogP contribution >= 0.6 is 0 Å². The molecule has 0 amide bonds. The molecule has 2 saturated carbocycles. The summed E-state index contributed by atoms with van der Waals surface area (Å²) in [7, 11) is 2.18. The summed E-state index contributed by atoms with van der Waals surface area (Å²) in [5.41, 5.74) is -0.304. The van der Waals surface area contributed by atoms with Gasteiger partial charge in [0.2, 0.25) is 0 Å². The molecule has 2 atom stereocenters. The molecule has 21 heavy (non-hydrogen) atoms. The van der Waals surface area contributed by atoms with E-state index in [1.54, 1.807) is 0 Å². The highest BCUT2D eigenvalue weighted by atomic mass is 16.5. The van der Waals surface area contributed by atoms with Gasteiger partial charge in [-0.3, -0.25) is 5.32 Å². The fraction of sp³-hybridized carbons (Fsp3) is 0.941. The molecule has 0 saturated heterocycles. The summed E-state index contributed by atoms with van der Waals surface area (Å²) in [4.78, 5) is 2.39. The lowest BCUT2D eigenvalue weighted by Crippen LogP contribution is -2.52. The predicted molar refractivity (Wildman–Crippen MR) is 85.1 cm³/mol. The van der Waals surface area contributed by atoms with Gasteiger partial charge >= 0.3 is 0 Å². The zero-order chi connectivity index (χ0) is 15.1. The van der Waals surface area contributed by atoms with E-state index in [2.05, 4.69) is 30.3 Å². The first-order valence-electron chi connectivity index (χ1n) is 8.63. The van der Waals surface area contributed by atoms with Crippen molar-refractivity contribution in [2.24, 2.45) is 5.92 Å². The number of nitrogens with one attached hydrogen (secondary N) is 1. The molecule has 4 heteroatoms. The highest BCUT2D eigenvalue weighted by Crippen LogP contribution is 2.31. The van der Waals surface area contributed by atoms with Crippen LogP contribution in [0.5, 0.6) is 0 Å². The van der Waals surface area contributed by atoms with Crippen LogP contribution in [0.3, 0.4) is 0 Å². The van der Waals surface area contributed by atoms with Crippen LogP contribution in [0.25, 0.3) is 0 Å². The Labute approximate surface area is 129 Å². The van der Waals surface area contributed by atoms with E-state index in [-0.39, 0.29) is 5.54 Å². The second kappa shape index (κ2) is 8.12. The number of hydrogen-bond acceptors (Lipinski definition) is 4. The van der Waals surface area contributed by atoms with Crippen LogP contribution in [0, 0.1) is 17.2 Å². The van der Waals surface area contributed by atoms with Gasteiger partial charge in [-0.1, -0.05) is 6.92 Å². The van der Waals surface area contributed by atoms with Crippen LogP contribution in [0.1, 0.15) is 51.9 Å². The Bertz CT molecular complexity index is 350. The lowest BCUT2D eigenvalue weighted by molar-refractivity contribution is 0.0747. The monoisotopic (exact) mass is 293 g/mol. The normalized spacial score (nSPS) is 29.5. The van der Waals surface area contributed by atoms with E-state index >= 15 is 0 Å². The number of ether oxygens (including phenoxy) is 1. The maximum atomic E-state index is 9.59. The largest absolute Gasteiger partial charge is 0.380 e. The van der Waals surface area contributed by atoms with Crippen molar-refractivity contribution in [1.29, 1.82) is 5.26 Å². The van der Waals surface area contributed by atoms with E-state index in [0.29, 0.717) is 6.04 Å². The van der Waals surface area contributed by atoms with Crippen molar-refractivity contribution in [2.45, 2.75) is 63.5 Å². The van der Waals surface area contributed by atoms with E-state index in [9.17, 15) is 5.26 Å². The van der Waals surface area contributed by atoms with E-state index in [0.717, 1.165) is 57.9 Å². The molecule has 2 rings (SSSR count). The fourth-order valence-corrected chi connectivity index (χ4v) is 3.21. The Balaban J connectivity index is 1.74. The second-order valence-electron chi connectivity index (χ2n) is 6.87. The molecule has 0 aromatic carbocycles. The second-order valence-corrected chi connectivity index (χ2v) is 6.87. The molecule has 0 aliphatic heterocycles. The summed E-state index contributed by atoms with van der Waals surface area (Å²) in [6.07, 6.45) is 8.07. The molecule has 2 aliphatic rings. The zero-order valence-electron chi connectivity index (χ0n) is 13.7. The molecule has 2 unspecified atom stereocenters. The van der Waals surface area contributed by atoms with Crippen molar-refractivity contribution in [2.75, 3.05) is 33.4 Å². The molecule has 4 nitrogen and oxygen atoms in total. The lowest BCUT2D eigenvalue weighted by Gasteiger charge is -2.40. The molecular formula is C17H31N3O.